The summed E-state index contributed by atoms with van der Waals surface area (Å²) in [6.07, 6.45) is -4.56. The van der Waals surface area contributed by atoms with E-state index in [1.165, 1.54) is 7.05 Å². The fraction of sp³-hybridized carbons (Fsp3) is 0.273. The number of benzene rings is 1. The minimum absolute atomic E-state index is 0.0781. The highest BCUT2D eigenvalue weighted by Gasteiger charge is 2.34. The van der Waals surface area contributed by atoms with E-state index in [0.29, 0.717) is 0 Å². The topological polar surface area (TPSA) is 70.1 Å². The SMILES string of the molecule is CN(CC(N)=O)c1cc(C#N)ccc1C(F)(F)F. The second-order valence-corrected chi connectivity index (χ2v) is 3.66. The van der Waals surface area contributed by atoms with Crippen LogP contribution in [0.4, 0.5) is 18.9 Å². The van der Waals surface area contributed by atoms with Crippen LogP contribution in [-0.2, 0) is 11.0 Å². The van der Waals surface area contributed by atoms with Gasteiger partial charge in [-0.1, -0.05) is 0 Å². The lowest BCUT2D eigenvalue weighted by atomic mass is 10.1. The van der Waals surface area contributed by atoms with Crippen LogP contribution in [0, 0.1) is 11.3 Å². The maximum Gasteiger partial charge on any atom is 0.418 e. The zero-order chi connectivity index (χ0) is 13.9. The molecular weight excluding hydrogens is 247 g/mol. The Hall–Kier alpha value is -2.23. The van der Waals surface area contributed by atoms with Gasteiger partial charge in [0, 0.05) is 7.05 Å². The lowest BCUT2D eigenvalue weighted by molar-refractivity contribution is -0.137. The number of likely N-dealkylation sites (N-methyl/N-ethyl adjacent to an activating group) is 1. The average Bonchev–Trinajstić information content (AvgIpc) is 2.26. The smallest absolute Gasteiger partial charge is 0.368 e. The summed E-state index contributed by atoms with van der Waals surface area (Å²) in [7, 11) is 1.30. The number of hydrogen-bond donors (Lipinski definition) is 1. The Labute approximate surface area is 101 Å². The third-order valence-electron chi connectivity index (χ3n) is 2.24. The second kappa shape index (κ2) is 4.96. The Morgan fingerprint density at radius 2 is 2.11 bits per heavy atom. The van der Waals surface area contributed by atoms with Crippen molar-refractivity contribution in [3.8, 4) is 6.07 Å². The van der Waals surface area contributed by atoms with E-state index in [9.17, 15) is 18.0 Å². The molecule has 1 aromatic rings. The van der Waals surface area contributed by atoms with Crippen molar-refractivity contribution < 1.29 is 18.0 Å². The Bertz CT molecular complexity index is 505. The number of nitrogens with zero attached hydrogens (tertiary/aromatic N) is 2. The van der Waals surface area contributed by atoms with Crippen LogP contribution in [0.2, 0.25) is 0 Å². The summed E-state index contributed by atoms with van der Waals surface area (Å²) in [5.74, 6) is -0.756. The van der Waals surface area contributed by atoms with Gasteiger partial charge in [0.15, 0.2) is 0 Å². The van der Waals surface area contributed by atoms with Crippen molar-refractivity contribution in [2.24, 2.45) is 5.73 Å². The standard InChI is InChI=1S/C11H10F3N3O/c1-17(6-10(16)18)9-4-7(5-15)2-3-8(9)11(12,13)14/h2-4H,6H2,1H3,(H2,16,18). The summed E-state index contributed by atoms with van der Waals surface area (Å²) >= 11 is 0. The molecule has 1 amide bonds. The molecular formula is C11H10F3N3O. The van der Waals surface area contributed by atoms with Crippen molar-refractivity contribution in [2.45, 2.75) is 6.18 Å². The number of nitriles is 1. The molecule has 7 heteroatoms. The van der Waals surface area contributed by atoms with Crippen LogP contribution in [0.15, 0.2) is 18.2 Å². The monoisotopic (exact) mass is 257 g/mol. The molecule has 1 rings (SSSR count). The highest BCUT2D eigenvalue weighted by atomic mass is 19.4. The van der Waals surface area contributed by atoms with Gasteiger partial charge in [0.1, 0.15) is 0 Å². The highest BCUT2D eigenvalue weighted by Crippen LogP contribution is 2.36. The number of rotatable bonds is 3. The van der Waals surface area contributed by atoms with E-state index < -0.39 is 17.6 Å². The van der Waals surface area contributed by atoms with Gasteiger partial charge in [-0.25, -0.2) is 0 Å². The van der Waals surface area contributed by atoms with Crippen LogP contribution in [-0.4, -0.2) is 19.5 Å². The summed E-state index contributed by atoms with van der Waals surface area (Å²) < 4.78 is 38.3. The summed E-state index contributed by atoms with van der Waals surface area (Å²) in [6.45, 7) is -0.363. The summed E-state index contributed by atoms with van der Waals surface area (Å²) in [5, 5.41) is 8.68. The normalized spacial score (nSPS) is 10.8. The van der Waals surface area contributed by atoms with E-state index in [1.807, 2.05) is 0 Å². The number of amides is 1. The fourth-order valence-electron chi connectivity index (χ4n) is 1.48. The van der Waals surface area contributed by atoms with Gasteiger partial charge >= 0.3 is 6.18 Å². The van der Waals surface area contributed by atoms with Crippen LogP contribution < -0.4 is 10.6 Å². The molecule has 96 valence electrons. The molecule has 0 aliphatic heterocycles. The lowest BCUT2D eigenvalue weighted by Crippen LogP contribution is -2.32. The summed E-state index contributed by atoms with van der Waals surface area (Å²) in [4.78, 5) is 11.8. The van der Waals surface area contributed by atoms with Gasteiger partial charge in [0.25, 0.3) is 0 Å². The molecule has 0 aliphatic rings. The van der Waals surface area contributed by atoms with Crippen molar-refractivity contribution in [1.82, 2.24) is 0 Å². The zero-order valence-electron chi connectivity index (χ0n) is 9.45. The van der Waals surface area contributed by atoms with E-state index in [4.69, 9.17) is 11.0 Å². The van der Waals surface area contributed by atoms with Crippen LogP contribution in [0.5, 0.6) is 0 Å². The minimum atomic E-state index is -4.56. The number of anilines is 1. The number of carbonyl (C=O) groups is 1. The predicted molar refractivity (Wildman–Crippen MR) is 58.6 cm³/mol. The summed E-state index contributed by atoms with van der Waals surface area (Å²) in [6, 6.07) is 4.70. The van der Waals surface area contributed by atoms with Crippen LogP contribution in [0.25, 0.3) is 0 Å². The van der Waals surface area contributed by atoms with Crippen LogP contribution in [0.3, 0.4) is 0 Å². The Morgan fingerprint density at radius 1 is 1.50 bits per heavy atom. The van der Waals surface area contributed by atoms with Crippen LogP contribution >= 0.6 is 0 Å². The predicted octanol–water partition coefficient (Wildman–Crippen LogP) is 1.50. The lowest BCUT2D eigenvalue weighted by Gasteiger charge is -2.22. The average molecular weight is 257 g/mol. The van der Waals surface area contributed by atoms with Crippen molar-refractivity contribution >= 4 is 11.6 Å². The van der Waals surface area contributed by atoms with E-state index in [1.54, 1.807) is 6.07 Å². The zero-order valence-corrected chi connectivity index (χ0v) is 9.45. The van der Waals surface area contributed by atoms with Gasteiger partial charge in [0.05, 0.1) is 29.4 Å². The third-order valence-corrected chi connectivity index (χ3v) is 2.24. The van der Waals surface area contributed by atoms with E-state index in [2.05, 4.69) is 0 Å². The van der Waals surface area contributed by atoms with Gasteiger partial charge < -0.3 is 10.6 Å². The molecule has 0 aliphatic carbocycles. The molecule has 0 saturated carbocycles. The van der Waals surface area contributed by atoms with Gasteiger partial charge in [-0.3, -0.25) is 4.79 Å². The highest BCUT2D eigenvalue weighted by molar-refractivity contribution is 5.80. The number of alkyl halides is 3. The maximum absolute atomic E-state index is 12.8. The Morgan fingerprint density at radius 3 is 2.56 bits per heavy atom. The molecule has 0 fully saturated rings. The molecule has 0 radical (unpaired) electrons. The molecule has 0 saturated heterocycles. The molecule has 1 aromatic carbocycles. The molecule has 0 spiro atoms. The van der Waals surface area contributed by atoms with Gasteiger partial charge in [0.2, 0.25) is 5.91 Å². The summed E-state index contributed by atoms with van der Waals surface area (Å²) in [5.41, 5.74) is 3.85. The molecule has 0 heterocycles. The van der Waals surface area contributed by atoms with Crippen molar-refractivity contribution in [1.29, 1.82) is 5.26 Å². The molecule has 4 nitrogen and oxygen atoms in total. The number of nitrogens with two attached hydrogens (primary N) is 1. The van der Waals surface area contributed by atoms with Gasteiger partial charge in [-0.05, 0) is 18.2 Å². The van der Waals surface area contributed by atoms with Crippen LogP contribution in [0.1, 0.15) is 11.1 Å². The van der Waals surface area contributed by atoms with Crippen molar-refractivity contribution in [3.63, 3.8) is 0 Å². The van der Waals surface area contributed by atoms with E-state index >= 15 is 0 Å². The first kappa shape index (κ1) is 13.8. The fourth-order valence-corrected chi connectivity index (χ4v) is 1.48. The third kappa shape index (κ3) is 3.13. The van der Waals surface area contributed by atoms with Gasteiger partial charge in [-0.15, -0.1) is 0 Å². The largest absolute Gasteiger partial charge is 0.418 e. The number of carbonyl (C=O) groups excluding carboxylic acids is 1. The van der Waals surface area contributed by atoms with E-state index in [-0.39, 0.29) is 17.8 Å². The molecule has 2 N–H and O–H groups in total. The molecule has 18 heavy (non-hydrogen) atoms. The minimum Gasteiger partial charge on any atom is -0.368 e. The molecule has 0 aromatic heterocycles. The Kier molecular flexibility index (Phi) is 3.81. The van der Waals surface area contributed by atoms with Crippen molar-refractivity contribution in [2.75, 3.05) is 18.5 Å². The first-order chi connectivity index (χ1) is 8.25. The molecule has 0 atom stereocenters. The van der Waals surface area contributed by atoms with Gasteiger partial charge in [-0.2, -0.15) is 18.4 Å². The quantitative estimate of drug-likeness (QED) is 0.892. The van der Waals surface area contributed by atoms with Crippen molar-refractivity contribution in [3.05, 3.63) is 29.3 Å². The van der Waals surface area contributed by atoms with E-state index in [0.717, 1.165) is 23.1 Å². The number of hydrogen-bond acceptors (Lipinski definition) is 3. The number of halogens is 3. The first-order valence-corrected chi connectivity index (χ1v) is 4.86. The number of primary amides is 1. The molecule has 0 bridgehead atoms. The molecule has 0 unspecified atom stereocenters. The first-order valence-electron chi connectivity index (χ1n) is 4.86. The second-order valence-electron chi connectivity index (χ2n) is 3.66. The maximum atomic E-state index is 12.8. The Balaban J connectivity index is 3.29.